The fourth-order valence-corrected chi connectivity index (χ4v) is 3.84. The van der Waals surface area contributed by atoms with Crippen LogP contribution in [0.4, 0.5) is 0 Å². The van der Waals surface area contributed by atoms with Crippen molar-refractivity contribution in [3.63, 3.8) is 0 Å². The number of hydrogen-bond acceptors (Lipinski definition) is 3. The van der Waals surface area contributed by atoms with Crippen LogP contribution in [-0.4, -0.2) is 14.5 Å². The lowest BCUT2D eigenvalue weighted by atomic mass is 9.97. The Kier molecular flexibility index (Phi) is 2.42. The van der Waals surface area contributed by atoms with Crippen LogP contribution in [0, 0.1) is 0 Å². The highest BCUT2D eigenvalue weighted by molar-refractivity contribution is 14.1. The van der Waals surface area contributed by atoms with Gasteiger partial charge in [0.05, 0.1) is 5.52 Å². The van der Waals surface area contributed by atoms with E-state index in [0.717, 1.165) is 40.4 Å². The molecule has 0 radical (unpaired) electrons. The molecule has 5 heteroatoms. The van der Waals surface area contributed by atoms with E-state index in [-0.39, 0.29) is 5.75 Å². The van der Waals surface area contributed by atoms with Crippen LogP contribution < -0.4 is 3.07 Å². The average molecular weight is 402 g/mol. The van der Waals surface area contributed by atoms with Gasteiger partial charge in [-0.2, -0.15) is 0 Å². The molecule has 108 valence electrons. The second-order valence-corrected chi connectivity index (χ2v) is 6.13. The van der Waals surface area contributed by atoms with Crippen LogP contribution in [0.5, 0.6) is 11.5 Å². The number of nitrogens with zero attached hydrogens (tertiary/aromatic N) is 2. The summed E-state index contributed by atoms with van der Waals surface area (Å²) in [5, 5.41) is 13.1. The maximum Gasteiger partial charge on any atom is 0.192 e. The predicted octanol–water partition coefficient (Wildman–Crippen LogP) is 4.17. The summed E-state index contributed by atoms with van der Waals surface area (Å²) in [6.45, 7) is 0. The van der Waals surface area contributed by atoms with Gasteiger partial charge in [0, 0.05) is 22.7 Å². The van der Waals surface area contributed by atoms with Gasteiger partial charge in [0.1, 0.15) is 17.1 Å². The second kappa shape index (κ2) is 4.25. The molecule has 0 unspecified atom stereocenters. The summed E-state index contributed by atoms with van der Waals surface area (Å²) in [4.78, 5) is 4.60. The number of fused-ring (bicyclic) bond motifs is 3. The number of aryl methyl sites for hydroxylation is 2. The number of halogens is 1. The first-order valence-corrected chi connectivity index (χ1v) is 8.00. The molecule has 4 nitrogen and oxygen atoms in total. The minimum atomic E-state index is 0.261. The zero-order valence-electron chi connectivity index (χ0n) is 11.5. The molecule has 0 saturated heterocycles. The van der Waals surface area contributed by atoms with Crippen molar-refractivity contribution in [1.29, 1.82) is 0 Å². The summed E-state index contributed by atoms with van der Waals surface area (Å²) in [5.41, 5.74) is 4.64. The summed E-state index contributed by atoms with van der Waals surface area (Å²) < 4.78 is 7.68. The van der Waals surface area contributed by atoms with Crippen molar-refractivity contribution < 1.29 is 8.17 Å². The molecular weight excluding hydrogens is 391 g/mol. The Labute approximate surface area is 140 Å². The molecule has 0 atom stereocenters. The van der Waals surface area contributed by atoms with Crippen LogP contribution in [0.15, 0.2) is 36.5 Å². The number of aromatic hydroxyl groups is 1. The quantitative estimate of drug-likeness (QED) is 0.384. The van der Waals surface area contributed by atoms with E-state index in [1.807, 2.05) is 35.3 Å². The first kappa shape index (κ1) is 12.5. The lowest BCUT2D eigenvalue weighted by Crippen LogP contribution is -2.07. The minimum Gasteiger partial charge on any atom is -0.508 e. The number of imidazole rings is 1. The topological polar surface area (TPSA) is 46.8 Å². The van der Waals surface area contributed by atoms with E-state index in [4.69, 9.17) is 3.07 Å². The van der Waals surface area contributed by atoms with Crippen molar-refractivity contribution in [3.05, 3.63) is 47.8 Å². The van der Waals surface area contributed by atoms with Crippen LogP contribution in [0.1, 0.15) is 11.3 Å². The van der Waals surface area contributed by atoms with Crippen LogP contribution in [0.2, 0.25) is 0 Å². The van der Waals surface area contributed by atoms with E-state index in [9.17, 15) is 5.11 Å². The number of aromatic nitrogens is 2. The number of benzene rings is 2. The normalized spacial score (nSPS) is 13.5. The minimum absolute atomic E-state index is 0.261. The van der Waals surface area contributed by atoms with E-state index in [2.05, 4.69) is 21.5 Å². The van der Waals surface area contributed by atoms with Gasteiger partial charge in [0.2, 0.25) is 0 Å². The number of hydrogen-bond donors (Lipinski definition) is 1. The van der Waals surface area contributed by atoms with Crippen molar-refractivity contribution in [3.8, 4) is 11.5 Å². The summed E-state index contributed by atoms with van der Waals surface area (Å²) >= 11 is 1.92. The molecule has 1 N–H and O–H groups in total. The summed E-state index contributed by atoms with van der Waals surface area (Å²) in [5.74, 6) is 1.12. The molecule has 1 aliphatic rings. The number of phenolic OH excluding ortho intramolecular Hbond substituents is 1. The van der Waals surface area contributed by atoms with Crippen LogP contribution in [0.25, 0.3) is 27.3 Å². The largest absolute Gasteiger partial charge is 0.508 e. The van der Waals surface area contributed by atoms with Crippen molar-refractivity contribution >= 4 is 50.3 Å². The van der Waals surface area contributed by atoms with Gasteiger partial charge in [0.25, 0.3) is 0 Å². The molecular formula is C17H11IN2O2. The van der Waals surface area contributed by atoms with Gasteiger partial charge >= 0.3 is 0 Å². The Balaban J connectivity index is 2.15. The molecule has 0 saturated carbocycles. The number of phenols is 1. The van der Waals surface area contributed by atoms with E-state index in [1.165, 1.54) is 16.8 Å². The third kappa shape index (κ3) is 1.49. The lowest BCUT2D eigenvalue weighted by molar-refractivity contribution is 0.476. The molecule has 0 spiro atoms. The monoisotopic (exact) mass is 402 g/mol. The molecule has 2 aromatic heterocycles. The van der Waals surface area contributed by atoms with E-state index < -0.39 is 0 Å². The van der Waals surface area contributed by atoms with E-state index >= 15 is 0 Å². The zero-order chi connectivity index (χ0) is 14.8. The Morgan fingerprint density at radius 2 is 2.00 bits per heavy atom. The molecule has 1 aliphatic heterocycles. The highest BCUT2D eigenvalue weighted by Crippen LogP contribution is 2.38. The van der Waals surface area contributed by atoms with Crippen LogP contribution in [-0.2, 0) is 12.8 Å². The predicted molar refractivity (Wildman–Crippen MR) is 93.9 cm³/mol. The highest BCUT2D eigenvalue weighted by Gasteiger charge is 2.20. The lowest BCUT2D eigenvalue weighted by Gasteiger charge is -2.19. The van der Waals surface area contributed by atoms with E-state index in [0.29, 0.717) is 0 Å². The maximum absolute atomic E-state index is 9.88. The zero-order valence-corrected chi connectivity index (χ0v) is 13.7. The first-order valence-electron chi connectivity index (χ1n) is 7.12. The third-order valence-corrected chi connectivity index (χ3v) is 5.00. The molecule has 22 heavy (non-hydrogen) atoms. The summed E-state index contributed by atoms with van der Waals surface area (Å²) in [6.07, 6.45) is 3.91. The highest BCUT2D eigenvalue weighted by atomic mass is 127. The summed E-state index contributed by atoms with van der Waals surface area (Å²) in [6, 6.07) is 9.66. The Hall–Kier alpha value is -2.02. The number of pyridine rings is 1. The van der Waals surface area contributed by atoms with E-state index in [1.54, 1.807) is 12.1 Å². The van der Waals surface area contributed by atoms with Crippen molar-refractivity contribution in [1.82, 2.24) is 9.38 Å². The smallest absolute Gasteiger partial charge is 0.192 e. The van der Waals surface area contributed by atoms with Crippen molar-refractivity contribution in [2.45, 2.75) is 12.8 Å². The standard InChI is InChI=1S/C17H11IN2O2/c18-22-12-5-9-1-2-10-8-19-17-15-6-11(21)3-4-13(15)14(7-12)16(9)20(10)17/h3-8,21H,1-2H2. The fraction of sp³-hybridized carbons (Fsp3) is 0.118. The molecule has 0 fully saturated rings. The third-order valence-electron chi connectivity index (χ3n) is 4.49. The Bertz CT molecular complexity index is 1080. The molecule has 3 heterocycles. The van der Waals surface area contributed by atoms with Gasteiger partial charge in [-0.05, 0) is 54.1 Å². The Morgan fingerprint density at radius 1 is 1.09 bits per heavy atom. The molecule has 5 rings (SSSR count). The average Bonchev–Trinajstić information content (AvgIpc) is 2.98. The van der Waals surface area contributed by atoms with Crippen LogP contribution >= 0.6 is 23.0 Å². The summed E-state index contributed by atoms with van der Waals surface area (Å²) in [7, 11) is 0. The fourth-order valence-electron chi connectivity index (χ4n) is 3.59. The molecule has 4 aromatic rings. The van der Waals surface area contributed by atoms with Gasteiger partial charge < -0.3 is 8.17 Å². The van der Waals surface area contributed by atoms with Gasteiger partial charge in [-0.3, -0.25) is 4.40 Å². The molecule has 0 aliphatic carbocycles. The van der Waals surface area contributed by atoms with Gasteiger partial charge in [-0.25, -0.2) is 4.98 Å². The molecule has 2 aromatic carbocycles. The van der Waals surface area contributed by atoms with Gasteiger partial charge in [0.15, 0.2) is 23.0 Å². The first-order chi connectivity index (χ1) is 10.8. The van der Waals surface area contributed by atoms with Crippen molar-refractivity contribution in [2.24, 2.45) is 0 Å². The number of rotatable bonds is 1. The SMILES string of the molecule is Oc1ccc2c(c1)c1ncc3n1c1c(cc(OI)cc21)CC3. The second-order valence-electron chi connectivity index (χ2n) is 5.69. The Morgan fingerprint density at radius 3 is 2.86 bits per heavy atom. The van der Waals surface area contributed by atoms with Crippen molar-refractivity contribution in [2.75, 3.05) is 0 Å². The maximum atomic E-state index is 9.88. The van der Waals surface area contributed by atoms with Gasteiger partial charge in [-0.15, -0.1) is 0 Å². The van der Waals surface area contributed by atoms with Gasteiger partial charge in [-0.1, -0.05) is 0 Å². The molecule has 0 bridgehead atoms. The van der Waals surface area contributed by atoms with Crippen LogP contribution in [0.3, 0.4) is 0 Å². The molecule has 0 amide bonds.